The molecule has 3 rings (SSSR count). The number of thioether (sulfide) groups is 1. The predicted octanol–water partition coefficient (Wildman–Crippen LogP) is 7.86. The summed E-state index contributed by atoms with van der Waals surface area (Å²) in [6, 6.07) is 24.3. The van der Waals surface area contributed by atoms with E-state index in [4.69, 9.17) is 4.74 Å². The number of allylic oxidation sites excluding steroid dienone is 2. The molecule has 0 aliphatic rings. The maximum atomic E-state index is 11.8. The quantitative estimate of drug-likeness (QED) is 0.0728. The highest BCUT2D eigenvalue weighted by Gasteiger charge is 2.12. The number of aliphatic imine (C=N–C) groups is 2. The van der Waals surface area contributed by atoms with E-state index < -0.39 is 0 Å². The smallest absolute Gasteiger partial charge is 0.338 e. The number of carbonyl (C=O) groups excluding carboxylic acids is 3. The lowest BCUT2D eigenvalue weighted by molar-refractivity contribution is -0.121. The maximum absolute atomic E-state index is 11.8. The van der Waals surface area contributed by atoms with Crippen LogP contribution in [0.2, 0.25) is 0 Å². The summed E-state index contributed by atoms with van der Waals surface area (Å²) < 4.78 is 5.03. The zero-order chi connectivity index (χ0) is 34.0. The van der Waals surface area contributed by atoms with Crippen molar-refractivity contribution in [1.82, 2.24) is 10.9 Å². The molecule has 0 aliphatic carbocycles. The van der Waals surface area contributed by atoms with Gasteiger partial charge in [-0.2, -0.15) is 0 Å². The molecule has 0 saturated heterocycles. The average molecular weight is 643 g/mol. The van der Waals surface area contributed by atoms with Gasteiger partial charge in [0.2, 0.25) is 5.91 Å². The summed E-state index contributed by atoms with van der Waals surface area (Å²) in [4.78, 5) is 43.9. The molecule has 244 valence electrons. The minimum atomic E-state index is -0.325. The molecule has 8 nitrogen and oxygen atoms in total. The molecule has 0 unspecified atom stereocenters. The summed E-state index contributed by atoms with van der Waals surface area (Å²) in [6.45, 7) is 11.0. The standard InChI is InChI=1S/C21H23NO2S.C12H14N2O2.C4H9N/c1-4-6-15-25-19-10-8-7-9-18(19)20(22-3)16-11-13-17(14-12-16)21(23)24-5-2;1-2-3-9-11(15)13-14-12(16)10-7-5-4-6-8-10;1-3-5-4-2/h6-15H,4-5H2,1-3H3;2-8H,9H2,1H3,(H,13,15)(H,14,16);3H,4H2,1-2H3/b15-6+,22-20?;3-2-;. The van der Waals surface area contributed by atoms with Crippen LogP contribution in [0.15, 0.2) is 117 Å². The highest BCUT2D eigenvalue weighted by Crippen LogP contribution is 2.26. The van der Waals surface area contributed by atoms with E-state index in [-0.39, 0.29) is 24.2 Å². The fraction of sp³-hybridized carbons (Fsp3) is 0.270. The first-order valence-electron chi connectivity index (χ1n) is 15.2. The van der Waals surface area contributed by atoms with E-state index in [0.717, 1.165) is 34.7 Å². The Labute approximate surface area is 278 Å². The second-order valence-electron chi connectivity index (χ2n) is 9.16. The Morgan fingerprint density at radius 1 is 0.804 bits per heavy atom. The number of hydrogen-bond acceptors (Lipinski definition) is 7. The Kier molecular flexibility index (Phi) is 21.0. The third kappa shape index (κ3) is 15.3. The Bertz CT molecular complexity index is 1450. The average Bonchev–Trinajstić information content (AvgIpc) is 3.09. The lowest BCUT2D eigenvalue weighted by atomic mass is 10.0. The molecule has 0 bridgehead atoms. The topological polar surface area (TPSA) is 109 Å². The van der Waals surface area contributed by atoms with Crippen LogP contribution in [0.1, 0.15) is 79.3 Å². The molecule has 0 spiro atoms. The minimum absolute atomic E-state index is 0.248. The van der Waals surface area contributed by atoms with Crippen molar-refractivity contribution in [2.75, 3.05) is 20.2 Å². The monoisotopic (exact) mass is 642 g/mol. The molecule has 0 fully saturated rings. The number of amides is 2. The van der Waals surface area contributed by atoms with Crippen LogP contribution < -0.4 is 10.9 Å². The molecule has 0 radical (unpaired) electrons. The van der Waals surface area contributed by atoms with Crippen LogP contribution in [0.5, 0.6) is 0 Å². The number of nitrogens with zero attached hydrogens (tertiary/aromatic N) is 2. The Morgan fingerprint density at radius 2 is 1.46 bits per heavy atom. The molecule has 0 aromatic heterocycles. The van der Waals surface area contributed by atoms with Crippen LogP contribution >= 0.6 is 11.8 Å². The number of hydrogen-bond donors (Lipinski definition) is 2. The van der Waals surface area contributed by atoms with Crippen molar-refractivity contribution in [1.29, 1.82) is 0 Å². The normalized spacial score (nSPS) is 11.0. The van der Waals surface area contributed by atoms with Gasteiger partial charge in [0.25, 0.3) is 5.91 Å². The van der Waals surface area contributed by atoms with Crippen molar-refractivity contribution >= 4 is 41.5 Å². The van der Waals surface area contributed by atoms with Crippen molar-refractivity contribution in [3.63, 3.8) is 0 Å². The molecule has 3 aromatic carbocycles. The predicted molar refractivity (Wildman–Crippen MR) is 192 cm³/mol. The van der Waals surface area contributed by atoms with E-state index in [1.807, 2.05) is 51.1 Å². The van der Waals surface area contributed by atoms with E-state index in [2.05, 4.69) is 51.4 Å². The van der Waals surface area contributed by atoms with Crippen LogP contribution in [0, 0.1) is 0 Å². The third-order valence-electron chi connectivity index (χ3n) is 5.82. The van der Waals surface area contributed by atoms with E-state index in [1.165, 1.54) is 0 Å². The third-order valence-corrected chi connectivity index (χ3v) is 6.76. The second-order valence-corrected chi connectivity index (χ2v) is 10.1. The van der Waals surface area contributed by atoms with Crippen LogP contribution in [0.25, 0.3) is 0 Å². The fourth-order valence-electron chi connectivity index (χ4n) is 3.61. The molecular weight excluding hydrogens is 596 g/mol. The minimum Gasteiger partial charge on any atom is -0.462 e. The summed E-state index contributed by atoms with van der Waals surface area (Å²) in [5.41, 5.74) is 8.68. The van der Waals surface area contributed by atoms with Gasteiger partial charge in [-0.3, -0.25) is 30.4 Å². The van der Waals surface area contributed by atoms with Crippen LogP contribution in [0.4, 0.5) is 0 Å². The van der Waals surface area contributed by atoms with E-state index in [1.54, 1.807) is 80.5 Å². The first-order valence-corrected chi connectivity index (χ1v) is 16.1. The Balaban J connectivity index is 0.000000430. The van der Waals surface area contributed by atoms with E-state index in [9.17, 15) is 14.4 Å². The highest BCUT2D eigenvalue weighted by atomic mass is 32.2. The highest BCUT2D eigenvalue weighted by molar-refractivity contribution is 8.02. The number of carbonyl (C=O) groups is 3. The maximum Gasteiger partial charge on any atom is 0.338 e. The van der Waals surface area contributed by atoms with Gasteiger partial charge in [0.15, 0.2) is 0 Å². The SMILES string of the molecule is C/C=C\CC(=O)NNC(=O)c1ccccc1.CC/C=C/Sc1ccccc1C(=NC)c1ccc(C(=O)OCC)cc1.CC=NCC. The van der Waals surface area contributed by atoms with Gasteiger partial charge in [-0.25, -0.2) is 4.79 Å². The molecule has 9 heteroatoms. The van der Waals surface area contributed by atoms with Crippen molar-refractivity contribution in [3.8, 4) is 0 Å². The molecule has 0 heterocycles. The number of benzene rings is 3. The van der Waals surface area contributed by atoms with Gasteiger partial charge in [0, 0.05) is 41.6 Å². The van der Waals surface area contributed by atoms with Gasteiger partial charge in [-0.15, -0.1) is 0 Å². The van der Waals surface area contributed by atoms with Gasteiger partial charge >= 0.3 is 5.97 Å². The Morgan fingerprint density at radius 3 is 2.02 bits per heavy atom. The van der Waals surface area contributed by atoms with Crippen LogP contribution in [-0.2, 0) is 9.53 Å². The summed E-state index contributed by atoms with van der Waals surface area (Å²) in [6.07, 6.45) is 8.70. The van der Waals surface area contributed by atoms with Crippen LogP contribution in [0.3, 0.4) is 0 Å². The van der Waals surface area contributed by atoms with Gasteiger partial charge in [-0.1, -0.05) is 85.4 Å². The largest absolute Gasteiger partial charge is 0.462 e. The molecule has 2 N–H and O–H groups in total. The molecule has 0 saturated carbocycles. The van der Waals surface area contributed by atoms with Crippen molar-refractivity contribution in [2.45, 2.75) is 52.4 Å². The summed E-state index contributed by atoms with van der Waals surface area (Å²) in [7, 11) is 1.79. The van der Waals surface area contributed by atoms with Crippen LogP contribution in [-0.4, -0.2) is 49.9 Å². The second kappa shape index (κ2) is 24.5. The summed E-state index contributed by atoms with van der Waals surface area (Å²) in [5, 5.41) is 2.11. The molecule has 3 aromatic rings. The summed E-state index contributed by atoms with van der Waals surface area (Å²) >= 11 is 1.69. The number of esters is 1. The molecular formula is C37H46N4O4S. The van der Waals surface area contributed by atoms with Gasteiger partial charge in [-0.05, 0) is 76.1 Å². The van der Waals surface area contributed by atoms with Gasteiger partial charge in [0.1, 0.15) is 0 Å². The lowest BCUT2D eigenvalue weighted by Crippen LogP contribution is -2.41. The van der Waals surface area contributed by atoms with Crippen molar-refractivity contribution < 1.29 is 19.1 Å². The molecule has 46 heavy (non-hydrogen) atoms. The first-order chi connectivity index (χ1) is 22.4. The van der Waals surface area contributed by atoms with Crippen molar-refractivity contribution in [2.24, 2.45) is 9.98 Å². The van der Waals surface area contributed by atoms with E-state index >= 15 is 0 Å². The zero-order valence-corrected chi connectivity index (χ0v) is 28.5. The molecule has 0 aliphatic heterocycles. The summed E-state index contributed by atoms with van der Waals surface area (Å²) in [5.74, 6) is -0.874. The number of nitrogens with one attached hydrogen (secondary N) is 2. The Hall–Kier alpha value is -4.76. The van der Waals surface area contributed by atoms with Gasteiger partial charge in [0.05, 0.1) is 17.9 Å². The number of rotatable bonds is 11. The molecule has 0 atom stereocenters. The lowest BCUT2D eigenvalue weighted by Gasteiger charge is -2.11. The van der Waals surface area contributed by atoms with Gasteiger partial charge < -0.3 is 4.74 Å². The number of hydrazine groups is 1. The van der Waals surface area contributed by atoms with Crippen molar-refractivity contribution in [3.05, 3.63) is 125 Å². The zero-order valence-electron chi connectivity index (χ0n) is 27.7. The number of ether oxygens (including phenoxy) is 1. The first kappa shape index (κ1) is 39.3. The van der Waals surface area contributed by atoms with E-state index in [0.29, 0.717) is 17.7 Å². The molecule has 2 amide bonds. The fourth-order valence-corrected chi connectivity index (χ4v) is 4.50.